The highest BCUT2D eigenvalue weighted by molar-refractivity contribution is 6.29. The number of hydrogen-bond acceptors (Lipinski definition) is 3. The van der Waals surface area contributed by atoms with E-state index in [0.29, 0.717) is 16.7 Å². The minimum atomic E-state index is -0.277. The first-order valence-corrected chi connectivity index (χ1v) is 5.36. The lowest BCUT2D eigenvalue weighted by Crippen LogP contribution is -2.11. The Morgan fingerprint density at radius 2 is 1.88 bits per heavy atom. The summed E-state index contributed by atoms with van der Waals surface area (Å²) in [5.74, 6) is 0.335. The molecule has 17 heavy (non-hydrogen) atoms. The SMILES string of the molecule is CN(c1ccc(F)cc1)c1cc(N)cc(Cl)n1. The lowest BCUT2D eigenvalue weighted by atomic mass is 10.3. The van der Waals surface area contributed by atoms with Gasteiger partial charge in [0.05, 0.1) is 0 Å². The fourth-order valence-electron chi connectivity index (χ4n) is 1.47. The van der Waals surface area contributed by atoms with Crippen LogP contribution in [0.25, 0.3) is 0 Å². The number of rotatable bonds is 2. The highest BCUT2D eigenvalue weighted by atomic mass is 35.5. The molecule has 0 saturated heterocycles. The van der Waals surface area contributed by atoms with Gasteiger partial charge in [-0.15, -0.1) is 0 Å². The maximum Gasteiger partial charge on any atom is 0.136 e. The lowest BCUT2D eigenvalue weighted by Gasteiger charge is -2.18. The third kappa shape index (κ3) is 2.65. The first-order valence-electron chi connectivity index (χ1n) is 4.98. The molecule has 0 aliphatic carbocycles. The topological polar surface area (TPSA) is 42.1 Å². The van der Waals surface area contributed by atoms with Crippen LogP contribution in [-0.2, 0) is 0 Å². The Labute approximate surface area is 104 Å². The molecule has 88 valence electrons. The smallest absolute Gasteiger partial charge is 0.136 e. The Morgan fingerprint density at radius 3 is 2.47 bits per heavy atom. The minimum Gasteiger partial charge on any atom is -0.399 e. The summed E-state index contributed by atoms with van der Waals surface area (Å²) in [6.07, 6.45) is 0. The summed E-state index contributed by atoms with van der Waals surface area (Å²) >= 11 is 5.83. The molecule has 0 radical (unpaired) electrons. The number of nitrogens with zero attached hydrogens (tertiary/aromatic N) is 2. The molecule has 1 heterocycles. The summed E-state index contributed by atoms with van der Waals surface area (Å²) in [7, 11) is 1.81. The van der Waals surface area contributed by atoms with E-state index in [1.165, 1.54) is 12.1 Å². The maximum absolute atomic E-state index is 12.8. The van der Waals surface area contributed by atoms with Crippen LogP contribution in [0.2, 0.25) is 5.15 Å². The molecule has 5 heteroatoms. The number of aromatic nitrogens is 1. The summed E-state index contributed by atoms with van der Waals surface area (Å²) < 4.78 is 12.8. The second kappa shape index (κ2) is 4.59. The molecule has 2 N–H and O–H groups in total. The molecule has 0 saturated carbocycles. The van der Waals surface area contributed by atoms with Crippen molar-refractivity contribution < 1.29 is 4.39 Å². The molecule has 0 amide bonds. The Kier molecular flexibility index (Phi) is 3.15. The van der Waals surface area contributed by atoms with Gasteiger partial charge in [-0.1, -0.05) is 11.6 Å². The van der Waals surface area contributed by atoms with Crippen molar-refractivity contribution >= 4 is 28.8 Å². The average molecular weight is 252 g/mol. The maximum atomic E-state index is 12.8. The molecule has 1 aromatic carbocycles. The lowest BCUT2D eigenvalue weighted by molar-refractivity contribution is 0.628. The van der Waals surface area contributed by atoms with Crippen LogP contribution in [0.1, 0.15) is 0 Å². The van der Waals surface area contributed by atoms with E-state index in [1.54, 1.807) is 29.2 Å². The van der Waals surface area contributed by atoms with Gasteiger partial charge in [0.1, 0.15) is 16.8 Å². The van der Waals surface area contributed by atoms with E-state index in [1.807, 2.05) is 7.05 Å². The standard InChI is InChI=1S/C12H11ClFN3/c1-17(10-4-2-8(14)3-5-10)12-7-9(15)6-11(13)16-12/h2-7H,1H3,(H2,15,16). The minimum absolute atomic E-state index is 0.277. The molecule has 3 nitrogen and oxygen atoms in total. The highest BCUT2D eigenvalue weighted by Gasteiger charge is 2.07. The van der Waals surface area contributed by atoms with Crippen molar-refractivity contribution in [3.63, 3.8) is 0 Å². The molecular formula is C12H11ClFN3. The van der Waals surface area contributed by atoms with Crippen molar-refractivity contribution in [2.75, 3.05) is 17.7 Å². The number of hydrogen-bond donors (Lipinski definition) is 1. The Hall–Kier alpha value is -1.81. The van der Waals surface area contributed by atoms with Crippen LogP contribution in [0.3, 0.4) is 0 Å². The average Bonchev–Trinajstić information content (AvgIpc) is 2.28. The van der Waals surface area contributed by atoms with Crippen LogP contribution in [0.15, 0.2) is 36.4 Å². The van der Waals surface area contributed by atoms with Gasteiger partial charge in [0, 0.05) is 24.5 Å². The Bertz CT molecular complexity index is 508. The van der Waals surface area contributed by atoms with Gasteiger partial charge < -0.3 is 10.6 Å². The van der Waals surface area contributed by atoms with Crippen molar-refractivity contribution in [1.82, 2.24) is 4.98 Å². The van der Waals surface area contributed by atoms with Gasteiger partial charge in [0.15, 0.2) is 0 Å². The monoisotopic (exact) mass is 251 g/mol. The summed E-state index contributed by atoms with van der Waals surface area (Å²) in [5.41, 5.74) is 7.03. The van der Waals surface area contributed by atoms with Crippen molar-refractivity contribution in [1.29, 1.82) is 0 Å². The third-order valence-electron chi connectivity index (χ3n) is 2.36. The van der Waals surface area contributed by atoms with E-state index in [2.05, 4.69) is 4.98 Å². The van der Waals surface area contributed by atoms with Crippen molar-refractivity contribution in [2.24, 2.45) is 0 Å². The second-order valence-electron chi connectivity index (χ2n) is 3.62. The summed E-state index contributed by atoms with van der Waals surface area (Å²) in [4.78, 5) is 5.93. The van der Waals surface area contributed by atoms with Gasteiger partial charge in [-0.25, -0.2) is 9.37 Å². The number of pyridine rings is 1. The molecule has 0 aliphatic rings. The fourth-order valence-corrected chi connectivity index (χ4v) is 1.68. The molecule has 0 fully saturated rings. The predicted molar refractivity (Wildman–Crippen MR) is 68.1 cm³/mol. The van der Waals surface area contributed by atoms with Crippen LogP contribution in [0.4, 0.5) is 21.6 Å². The largest absolute Gasteiger partial charge is 0.399 e. The van der Waals surface area contributed by atoms with Gasteiger partial charge in [0.25, 0.3) is 0 Å². The van der Waals surface area contributed by atoms with Crippen molar-refractivity contribution in [3.8, 4) is 0 Å². The molecule has 0 atom stereocenters. The zero-order chi connectivity index (χ0) is 12.4. The molecule has 0 unspecified atom stereocenters. The predicted octanol–water partition coefficient (Wildman–Crippen LogP) is 3.22. The van der Waals surface area contributed by atoms with E-state index in [-0.39, 0.29) is 5.82 Å². The first kappa shape index (κ1) is 11.7. The number of nitrogens with two attached hydrogens (primary N) is 1. The molecule has 1 aromatic heterocycles. The van der Waals surface area contributed by atoms with Crippen LogP contribution in [0.5, 0.6) is 0 Å². The normalized spacial score (nSPS) is 10.3. The van der Waals surface area contributed by atoms with E-state index >= 15 is 0 Å². The van der Waals surface area contributed by atoms with Gasteiger partial charge >= 0.3 is 0 Å². The number of halogens is 2. The quantitative estimate of drug-likeness (QED) is 0.834. The summed E-state index contributed by atoms with van der Waals surface area (Å²) in [6.45, 7) is 0. The van der Waals surface area contributed by atoms with Crippen LogP contribution >= 0.6 is 11.6 Å². The second-order valence-corrected chi connectivity index (χ2v) is 4.00. The van der Waals surface area contributed by atoms with Crippen molar-refractivity contribution in [2.45, 2.75) is 0 Å². The first-order chi connectivity index (χ1) is 8.06. The van der Waals surface area contributed by atoms with Crippen LogP contribution in [-0.4, -0.2) is 12.0 Å². The van der Waals surface area contributed by atoms with Gasteiger partial charge in [-0.2, -0.15) is 0 Å². The molecule has 0 spiro atoms. The number of benzene rings is 1. The molecule has 2 aromatic rings. The zero-order valence-corrected chi connectivity index (χ0v) is 9.95. The number of nitrogen functional groups attached to an aromatic ring is 1. The fraction of sp³-hybridized carbons (Fsp3) is 0.0833. The molecule has 0 bridgehead atoms. The van der Waals surface area contributed by atoms with E-state index in [4.69, 9.17) is 17.3 Å². The van der Waals surface area contributed by atoms with E-state index in [9.17, 15) is 4.39 Å². The Balaban J connectivity index is 2.36. The molecular weight excluding hydrogens is 241 g/mol. The molecule has 0 aliphatic heterocycles. The van der Waals surface area contributed by atoms with E-state index in [0.717, 1.165) is 5.69 Å². The van der Waals surface area contributed by atoms with E-state index < -0.39 is 0 Å². The molecule has 2 rings (SSSR count). The summed E-state index contributed by atoms with van der Waals surface area (Å²) in [5, 5.41) is 0.328. The van der Waals surface area contributed by atoms with Crippen molar-refractivity contribution in [3.05, 3.63) is 47.4 Å². The summed E-state index contributed by atoms with van der Waals surface area (Å²) in [6, 6.07) is 9.38. The van der Waals surface area contributed by atoms with Gasteiger partial charge in [-0.05, 0) is 30.3 Å². The number of anilines is 3. The van der Waals surface area contributed by atoms with Gasteiger partial charge in [0.2, 0.25) is 0 Å². The Morgan fingerprint density at radius 1 is 1.24 bits per heavy atom. The highest BCUT2D eigenvalue weighted by Crippen LogP contribution is 2.25. The van der Waals surface area contributed by atoms with Crippen LogP contribution in [0, 0.1) is 5.82 Å². The zero-order valence-electron chi connectivity index (χ0n) is 9.19. The third-order valence-corrected chi connectivity index (χ3v) is 2.55. The van der Waals surface area contributed by atoms with Crippen LogP contribution < -0.4 is 10.6 Å². The van der Waals surface area contributed by atoms with Gasteiger partial charge in [-0.3, -0.25) is 0 Å².